The molecule has 6 nitrogen and oxygen atoms in total. The van der Waals surface area contributed by atoms with Gasteiger partial charge in [0.25, 0.3) is 0 Å². The van der Waals surface area contributed by atoms with Crippen molar-refractivity contribution >= 4 is 27.1 Å². The Kier molecular flexibility index (Phi) is 5.95. The topological polar surface area (TPSA) is 83.5 Å². The third-order valence-corrected chi connectivity index (χ3v) is 5.65. The number of benzene rings is 1. The monoisotopic (exact) mass is 366 g/mol. The first kappa shape index (κ1) is 18.4. The number of thiazole rings is 1. The van der Waals surface area contributed by atoms with Gasteiger partial charge in [-0.05, 0) is 31.5 Å². The molecular formula is C16H22N4O2S2. The molecule has 130 valence electrons. The molecule has 0 aliphatic heterocycles. The first-order chi connectivity index (χ1) is 11.3. The Labute approximate surface area is 147 Å². The molecule has 0 radical (unpaired) electrons. The predicted molar refractivity (Wildman–Crippen MR) is 98.2 cm³/mol. The normalized spacial score (nSPS) is 12.2. The number of hydrogen-bond acceptors (Lipinski definition) is 5. The van der Waals surface area contributed by atoms with Crippen LogP contribution in [0.2, 0.25) is 0 Å². The van der Waals surface area contributed by atoms with Crippen LogP contribution in [0, 0.1) is 13.8 Å². The SMILES string of the molecule is CN=C(NCc1ccc(S(C)(=O)=O)cc1)NCc1sc(C)nc1C. The number of nitrogens with zero attached hydrogens (tertiary/aromatic N) is 2. The predicted octanol–water partition coefficient (Wildman–Crippen LogP) is 2.03. The molecule has 0 spiro atoms. The number of guanidine groups is 1. The molecule has 0 unspecified atom stereocenters. The smallest absolute Gasteiger partial charge is 0.191 e. The van der Waals surface area contributed by atoms with Crippen LogP contribution in [0.15, 0.2) is 34.2 Å². The number of nitrogens with one attached hydrogen (secondary N) is 2. The minimum atomic E-state index is -3.16. The Bertz CT molecular complexity index is 824. The molecule has 2 N–H and O–H groups in total. The maximum absolute atomic E-state index is 11.5. The van der Waals surface area contributed by atoms with Crippen molar-refractivity contribution in [3.8, 4) is 0 Å². The van der Waals surface area contributed by atoms with E-state index in [4.69, 9.17) is 0 Å². The summed E-state index contributed by atoms with van der Waals surface area (Å²) in [4.78, 5) is 10.1. The molecular weight excluding hydrogens is 344 g/mol. The van der Waals surface area contributed by atoms with Crippen molar-refractivity contribution in [2.75, 3.05) is 13.3 Å². The molecule has 0 saturated carbocycles. The number of rotatable bonds is 5. The van der Waals surface area contributed by atoms with E-state index in [2.05, 4.69) is 20.6 Å². The summed E-state index contributed by atoms with van der Waals surface area (Å²) in [5, 5.41) is 7.53. The van der Waals surface area contributed by atoms with Crippen LogP contribution in [-0.4, -0.2) is 32.7 Å². The van der Waals surface area contributed by atoms with Crippen LogP contribution in [0.4, 0.5) is 0 Å². The van der Waals surface area contributed by atoms with Crippen molar-refractivity contribution in [1.82, 2.24) is 15.6 Å². The standard InChI is InChI=1S/C16H22N4O2S2/c1-11-15(23-12(2)20-11)10-19-16(17-3)18-9-13-5-7-14(8-6-13)24(4,21)22/h5-8H,9-10H2,1-4H3,(H2,17,18,19). The highest BCUT2D eigenvalue weighted by Gasteiger charge is 2.07. The molecule has 1 heterocycles. The summed E-state index contributed by atoms with van der Waals surface area (Å²) in [7, 11) is -1.44. The highest BCUT2D eigenvalue weighted by atomic mass is 32.2. The van der Waals surface area contributed by atoms with Gasteiger partial charge in [-0.3, -0.25) is 4.99 Å². The quantitative estimate of drug-likeness (QED) is 0.625. The van der Waals surface area contributed by atoms with Gasteiger partial charge < -0.3 is 10.6 Å². The summed E-state index contributed by atoms with van der Waals surface area (Å²) in [5.74, 6) is 0.688. The fourth-order valence-corrected chi connectivity index (χ4v) is 3.67. The van der Waals surface area contributed by atoms with Gasteiger partial charge in [0.05, 0.1) is 22.1 Å². The van der Waals surface area contributed by atoms with Gasteiger partial charge in [-0.25, -0.2) is 13.4 Å². The van der Waals surface area contributed by atoms with Gasteiger partial charge in [-0.1, -0.05) is 12.1 Å². The minimum Gasteiger partial charge on any atom is -0.352 e. The molecule has 1 aromatic carbocycles. The summed E-state index contributed by atoms with van der Waals surface area (Å²) in [6.45, 7) is 5.23. The second kappa shape index (κ2) is 7.76. The maximum Gasteiger partial charge on any atom is 0.191 e. The van der Waals surface area contributed by atoms with Crippen LogP contribution in [0.1, 0.15) is 21.1 Å². The number of aromatic nitrogens is 1. The zero-order chi connectivity index (χ0) is 17.7. The summed E-state index contributed by atoms with van der Waals surface area (Å²) in [6.07, 6.45) is 1.20. The molecule has 2 rings (SSSR count). The van der Waals surface area contributed by atoms with Gasteiger partial charge in [0.1, 0.15) is 0 Å². The Balaban J connectivity index is 1.91. The molecule has 1 aromatic heterocycles. The molecule has 0 saturated heterocycles. The first-order valence-corrected chi connectivity index (χ1v) is 10.2. The summed E-state index contributed by atoms with van der Waals surface area (Å²) in [5.41, 5.74) is 2.02. The Hall–Kier alpha value is -1.93. The van der Waals surface area contributed by atoms with Crippen LogP contribution in [0.5, 0.6) is 0 Å². The zero-order valence-corrected chi connectivity index (χ0v) is 15.9. The van der Waals surface area contributed by atoms with Crippen molar-refractivity contribution in [2.24, 2.45) is 4.99 Å². The molecule has 0 amide bonds. The summed E-state index contributed by atoms with van der Waals surface area (Å²) >= 11 is 1.67. The van der Waals surface area contributed by atoms with E-state index in [9.17, 15) is 8.42 Å². The lowest BCUT2D eigenvalue weighted by Gasteiger charge is -2.11. The Morgan fingerprint density at radius 2 is 1.79 bits per heavy atom. The minimum absolute atomic E-state index is 0.324. The molecule has 2 aromatic rings. The highest BCUT2D eigenvalue weighted by molar-refractivity contribution is 7.90. The average Bonchev–Trinajstić information content (AvgIpc) is 2.85. The van der Waals surface area contributed by atoms with E-state index < -0.39 is 9.84 Å². The zero-order valence-electron chi connectivity index (χ0n) is 14.3. The number of aliphatic imine (C=N–C) groups is 1. The fraction of sp³-hybridized carbons (Fsp3) is 0.375. The van der Waals surface area contributed by atoms with Crippen molar-refractivity contribution in [2.45, 2.75) is 31.8 Å². The largest absolute Gasteiger partial charge is 0.352 e. The fourth-order valence-electron chi connectivity index (χ4n) is 2.16. The molecule has 8 heteroatoms. The van der Waals surface area contributed by atoms with E-state index in [0.717, 1.165) is 16.3 Å². The average molecular weight is 367 g/mol. The molecule has 0 aliphatic rings. The lowest BCUT2D eigenvalue weighted by Crippen LogP contribution is -2.36. The summed E-state index contributed by atoms with van der Waals surface area (Å²) in [6, 6.07) is 6.83. The van der Waals surface area contributed by atoms with Gasteiger partial charge in [0, 0.05) is 24.7 Å². The number of aryl methyl sites for hydroxylation is 2. The van der Waals surface area contributed by atoms with Crippen LogP contribution < -0.4 is 10.6 Å². The molecule has 0 atom stereocenters. The number of hydrogen-bond donors (Lipinski definition) is 2. The second-order valence-electron chi connectivity index (χ2n) is 5.44. The maximum atomic E-state index is 11.5. The first-order valence-electron chi connectivity index (χ1n) is 7.46. The van der Waals surface area contributed by atoms with E-state index in [1.54, 1.807) is 42.6 Å². The van der Waals surface area contributed by atoms with Gasteiger partial charge in [0.15, 0.2) is 15.8 Å². The van der Waals surface area contributed by atoms with E-state index in [-0.39, 0.29) is 0 Å². The van der Waals surface area contributed by atoms with Crippen molar-refractivity contribution in [1.29, 1.82) is 0 Å². The number of sulfone groups is 1. The lowest BCUT2D eigenvalue weighted by molar-refractivity contribution is 0.602. The second-order valence-corrected chi connectivity index (χ2v) is 8.74. The highest BCUT2D eigenvalue weighted by Crippen LogP contribution is 2.16. The van der Waals surface area contributed by atoms with Crippen molar-refractivity contribution in [3.05, 3.63) is 45.4 Å². The Morgan fingerprint density at radius 1 is 1.17 bits per heavy atom. The summed E-state index contributed by atoms with van der Waals surface area (Å²) < 4.78 is 22.9. The molecule has 0 bridgehead atoms. The third kappa shape index (κ3) is 5.04. The van der Waals surface area contributed by atoms with Crippen LogP contribution in [-0.2, 0) is 22.9 Å². The lowest BCUT2D eigenvalue weighted by atomic mass is 10.2. The Morgan fingerprint density at radius 3 is 2.29 bits per heavy atom. The third-order valence-electron chi connectivity index (χ3n) is 3.45. The van der Waals surface area contributed by atoms with Gasteiger partial charge in [-0.15, -0.1) is 11.3 Å². The van der Waals surface area contributed by atoms with E-state index in [0.29, 0.717) is 23.9 Å². The van der Waals surface area contributed by atoms with Crippen LogP contribution in [0.3, 0.4) is 0 Å². The van der Waals surface area contributed by atoms with Crippen molar-refractivity contribution < 1.29 is 8.42 Å². The van der Waals surface area contributed by atoms with Crippen molar-refractivity contribution in [3.63, 3.8) is 0 Å². The van der Waals surface area contributed by atoms with E-state index in [1.165, 1.54) is 11.1 Å². The van der Waals surface area contributed by atoms with Crippen LogP contribution >= 0.6 is 11.3 Å². The van der Waals surface area contributed by atoms with Gasteiger partial charge in [0.2, 0.25) is 0 Å². The molecule has 0 aliphatic carbocycles. The van der Waals surface area contributed by atoms with Crippen LogP contribution in [0.25, 0.3) is 0 Å². The van der Waals surface area contributed by atoms with Gasteiger partial charge >= 0.3 is 0 Å². The van der Waals surface area contributed by atoms with E-state index in [1.807, 2.05) is 13.8 Å². The molecule has 24 heavy (non-hydrogen) atoms. The van der Waals surface area contributed by atoms with E-state index >= 15 is 0 Å². The molecule has 0 fully saturated rings. The van der Waals surface area contributed by atoms with Gasteiger partial charge in [-0.2, -0.15) is 0 Å².